The highest BCUT2D eigenvalue weighted by atomic mass is 32.1. The van der Waals surface area contributed by atoms with Gasteiger partial charge >= 0.3 is 11.9 Å². The number of aromatic carboxylic acids is 2. The van der Waals surface area contributed by atoms with E-state index in [0.717, 1.165) is 79.2 Å². The maximum atomic E-state index is 11.9. The SMILES string of the molecule is C.Cc1ccc(CCc2cnccc2-c2nn[nH]n2)cc1.Cc1ccc(CCc2cnccc2C(=O)O)s1.Cc1ccc(CCc2cnccc2C(=O)O)s1.[C-]#[N+]CC(=O)c1ccncc1CCc1ccc(C)cc1. The fourth-order valence-corrected chi connectivity index (χ4v) is 9.45. The first-order chi connectivity index (χ1) is 35.9. The van der Waals surface area contributed by atoms with Crippen molar-refractivity contribution in [2.24, 2.45) is 0 Å². The van der Waals surface area contributed by atoms with Crippen LogP contribution in [-0.4, -0.2) is 75.0 Å². The van der Waals surface area contributed by atoms with Crippen molar-refractivity contribution in [3.05, 3.63) is 239 Å². The molecule has 0 saturated carbocycles. The van der Waals surface area contributed by atoms with E-state index in [1.54, 1.807) is 71.9 Å². The number of pyridine rings is 4. The van der Waals surface area contributed by atoms with Gasteiger partial charge in [-0.2, -0.15) is 5.21 Å². The van der Waals surface area contributed by atoms with Crippen LogP contribution in [0.15, 0.2) is 147 Å². The molecule has 9 aromatic rings. The van der Waals surface area contributed by atoms with Gasteiger partial charge in [-0.1, -0.05) is 67.1 Å². The van der Waals surface area contributed by atoms with Gasteiger partial charge in [0.05, 0.1) is 11.1 Å². The Morgan fingerprint density at radius 2 is 0.933 bits per heavy atom. The van der Waals surface area contributed by atoms with Gasteiger partial charge < -0.3 is 15.1 Å². The lowest BCUT2D eigenvalue weighted by molar-refractivity contribution is 0.0684. The lowest BCUT2D eigenvalue weighted by Gasteiger charge is -2.06. The largest absolute Gasteiger partial charge is 0.478 e. The highest BCUT2D eigenvalue weighted by Gasteiger charge is 2.15. The third-order valence-electron chi connectivity index (χ3n) is 11.7. The van der Waals surface area contributed by atoms with Gasteiger partial charge in [-0.3, -0.25) is 24.7 Å². The van der Waals surface area contributed by atoms with Crippen molar-refractivity contribution >= 4 is 40.4 Å². The van der Waals surface area contributed by atoms with Crippen LogP contribution >= 0.6 is 22.7 Å². The molecule has 0 aliphatic heterocycles. The van der Waals surface area contributed by atoms with E-state index in [2.05, 4.69) is 146 Å². The van der Waals surface area contributed by atoms with Gasteiger partial charge in [0, 0.05) is 80.2 Å². The average Bonchev–Trinajstić information content (AvgIpc) is 4.21. The monoisotopic (exact) mass is 1040 g/mol. The summed E-state index contributed by atoms with van der Waals surface area (Å²) in [6, 6.07) is 32.1. The molecular formula is C59H61N9O5S2. The maximum absolute atomic E-state index is 11.9. The number of carbonyl (C=O) groups excluding carboxylic acids is 1. The summed E-state index contributed by atoms with van der Waals surface area (Å²) in [7, 11) is 0. The minimum absolute atomic E-state index is 0. The van der Waals surface area contributed by atoms with Crippen LogP contribution in [0.1, 0.15) is 103 Å². The lowest BCUT2D eigenvalue weighted by Crippen LogP contribution is -2.07. The molecule has 0 atom stereocenters. The smallest absolute Gasteiger partial charge is 0.336 e. The van der Waals surface area contributed by atoms with Gasteiger partial charge in [0.2, 0.25) is 11.6 Å². The van der Waals surface area contributed by atoms with Gasteiger partial charge in [0.1, 0.15) is 0 Å². The number of aromatic nitrogens is 8. The molecule has 0 aliphatic rings. The van der Waals surface area contributed by atoms with E-state index < -0.39 is 11.9 Å². The summed E-state index contributed by atoms with van der Waals surface area (Å²) < 4.78 is 0. The van der Waals surface area contributed by atoms with Crippen LogP contribution in [0.5, 0.6) is 0 Å². The number of benzene rings is 2. The minimum atomic E-state index is -0.884. The lowest BCUT2D eigenvalue weighted by atomic mass is 9.99. The molecule has 384 valence electrons. The molecule has 3 N–H and O–H groups in total. The summed E-state index contributed by atoms with van der Waals surface area (Å²) in [6.07, 6.45) is 19.9. The Labute approximate surface area is 446 Å². The number of thiophene rings is 2. The molecule has 14 nitrogen and oxygen atoms in total. The van der Waals surface area contributed by atoms with E-state index in [4.69, 9.17) is 16.8 Å². The van der Waals surface area contributed by atoms with Crippen molar-refractivity contribution in [1.82, 2.24) is 40.6 Å². The number of carbonyl (C=O) groups is 3. The summed E-state index contributed by atoms with van der Waals surface area (Å²) in [4.78, 5) is 58.4. The highest BCUT2D eigenvalue weighted by molar-refractivity contribution is 7.12. The quantitative estimate of drug-likeness (QED) is 0.0576. The Hall–Kier alpha value is -8.39. The van der Waals surface area contributed by atoms with Crippen LogP contribution in [0.4, 0.5) is 0 Å². The standard InChI is InChI=1S/C17H16N2O.C15H15N5.2C13H13NO2S.CH4/c1-13-3-5-14(6-4-13)7-8-15-11-19-10-9-16(15)17(20)12-18-2;1-11-2-4-12(5-3-11)6-7-13-10-16-9-8-14(13)15-17-19-20-18-15;2*1-9-2-4-11(17-9)5-3-10-8-14-7-6-12(10)13(15)16;/h3-6,9-11H,7-8,12H2,1H3;2-5,8-10H,6-7H2,1H3,(H,17,18,19,20);2*2,4,6-8H,3,5H2,1H3,(H,15,16);1H4. The van der Waals surface area contributed by atoms with E-state index in [1.165, 1.54) is 54.2 Å². The number of hydrogen-bond donors (Lipinski definition) is 3. The van der Waals surface area contributed by atoms with Gasteiger partial charge in [0.25, 0.3) is 6.54 Å². The number of nitrogens with zero attached hydrogens (tertiary/aromatic N) is 8. The third-order valence-corrected chi connectivity index (χ3v) is 13.8. The molecule has 0 radical (unpaired) electrons. The number of nitrogens with one attached hydrogen (secondary N) is 1. The normalized spacial score (nSPS) is 10.2. The molecule has 0 saturated heterocycles. The second kappa shape index (κ2) is 30.0. The number of rotatable bonds is 17. The van der Waals surface area contributed by atoms with Gasteiger partial charge in [-0.05, 0) is 166 Å². The zero-order chi connectivity index (χ0) is 52.7. The summed E-state index contributed by atoms with van der Waals surface area (Å²) in [5, 5.41) is 32.3. The van der Waals surface area contributed by atoms with Crippen LogP contribution in [0.2, 0.25) is 0 Å². The fourth-order valence-electron chi connectivity index (χ4n) is 7.67. The van der Waals surface area contributed by atoms with Crippen molar-refractivity contribution in [3.63, 3.8) is 0 Å². The number of carboxylic acids is 2. The number of tetrazole rings is 1. The van der Waals surface area contributed by atoms with E-state index in [1.807, 2.05) is 12.3 Å². The van der Waals surface area contributed by atoms with E-state index in [9.17, 15) is 14.4 Å². The van der Waals surface area contributed by atoms with Crippen molar-refractivity contribution in [2.45, 2.75) is 86.5 Å². The number of hydrogen-bond acceptors (Lipinski definition) is 12. The Kier molecular flexibility index (Phi) is 23.0. The molecule has 0 bridgehead atoms. The first kappa shape index (κ1) is 57.5. The van der Waals surface area contributed by atoms with Gasteiger partial charge in [0.15, 0.2) is 0 Å². The minimum Gasteiger partial charge on any atom is -0.478 e. The van der Waals surface area contributed by atoms with E-state index >= 15 is 0 Å². The van der Waals surface area contributed by atoms with Crippen LogP contribution in [0, 0.1) is 34.3 Å². The molecule has 16 heteroatoms. The topological polar surface area (TPSA) is 202 Å². The fraction of sp³-hybridized carbons (Fsp3) is 0.237. The molecule has 75 heavy (non-hydrogen) atoms. The summed E-state index contributed by atoms with van der Waals surface area (Å²) in [6.45, 7) is 15.0. The Bertz CT molecular complexity index is 3160. The Morgan fingerprint density at radius 3 is 1.35 bits per heavy atom. The number of H-pyrrole nitrogens is 1. The van der Waals surface area contributed by atoms with Crippen LogP contribution in [0.3, 0.4) is 0 Å². The first-order valence-electron chi connectivity index (χ1n) is 23.9. The molecule has 2 aromatic carbocycles. The second-order valence-corrected chi connectivity index (χ2v) is 20.0. The average molecular weight is 1040 g/mol. The molecule has 0 spiro atoms. The predicted molar refractivity (Wildman–Crippen MR) is 297 cm³/mol. The Morgan fingerprint density at radius 1 is 0.520 bits per heavy atom. The van der Waals surface area contributed by atoms with E-state index in [-0.39, 0.29) is 19.8 Å². The molecule has 7 aromatic heterocycles. The van der Waals surface area contributed by atoms with Crippen LogP contribution in [0.25, 0.3) is 16.2 Å². The maximum Gasteiger partial charge on any atom is 0.336 e. The number of aromatic amines is 1. The number of aryl methyl sites for hydroxylation is 12. The van der Waals surface area contributed by atoms with E-state index in [0.29, 0.717) is 22.5 Å². The molecule has 0 amide bonds. The van der Waals surface area contributed by atoms with Crippen LogP contribution < -0.4 is 0 Å². The zero-order valence-corrected chi connectivity index (χ0v) is 43.4. The van der Waals surface area contributed by atoms with Crippen molar-refractivity contribution in [3.8, 4) is 11.4 Å². The molecule has 0 fully saturated rings. The number of carboxylic acid groups (broad SMARTS) is 2. The highest BCUT2D eigenvalue weighted by Crippen LogP contribution is 2.22. The molecule has 0 aliphatic carbocycles. The molecule has 7 heterocycles. The van der Waals surface area contributed by atoms with Crippen molar-refractivity contribution < 1.29 is 24.6 Å². The summed E-state index contributed by atoms with van der Waals surface area (Å²) >= 11 is 3.51. The molecule has 9 rings (SSSR count). The molecule has 0 unspecified atom stereocenters. The van der Waals surface area contributed by atoms with Gasteiger partial charge in [-0.15, -0.1) is 32.9 Å². The third kappa shape index (κ3) is 18.6. The van der Waals surface area contributed by atoms with Crippen LogP contribution in [-0.2, 0) is 51.4 Å². The number of ketones is 1. The zero-order valence-electron chi connectivity index (χ0n) is 41.7. The number of Topliss-reactive ketones (excluding diaryl/α,β-unsaturated/α-hetero) is 1. The summed E-state index contributed by atoms with van der Waals surface area (Å²) in [5.74, 6) is -1.28. The van der Waals surface area contributed by atoms with Crippen molar-refractivity contribution in [1.29, 1.82) is 0 Å². The first-order valence-corrected chi connectivity index (χ1v) is 25.5. The second-order valence-electron chi connectivity index (χ2n) is 17.2. The van der Waals surface area contributed by atoms with Gasteiger partial charge in [-0.25, -0.2) is 16.2 Å². The Balaban J connectivity index is 0.000000185. The summed E-state index contributed by atoms with van der Waals surface area (Å²) in [5.41, 5.74) is 11.0. The predicted octanol–water partition coefficient (Wildman–Crippen LogP) is 12.1. The molecular weight excluding hydrogens is 979 g/mol. The van der Waals surface area contributed by atoms with Crippen molar-refractivity contribution in [2.75, 3.05) is 6.54 Å².